The minimum Gasteiger partial charge on any atom is -0.504 e. The molecule has 0 amide bonds. The summed E-state index contributed by atoms with van der Waals surface area (Å²) in [5.41, 5.74) is 0.655. The SMILES string of the molecule is C=CC(=O)O.COc1cc(C=CC(=O)O)ccc1O.COc1ccccc1O. The average molecular weight is 390 g/mol. The minimum atomic E-state index is -1.02. The number of para-hydroxylation sites is 2. The van der Waals surface area contributed by atoms with Crippen LogP contribution in [0.3, 0.4) is 0 Å². The van der Waals surface area contributed by atoms with E-state index in [9.17, 15) is 14.7 Å². The van der Waals surface area contributed by atoms with Gasteiger partial charge in [0.1, 0.15) is 0 Å². The van der Waals surface area contributed by atoms with Crippen molar-refractivity contribution in [2.24, 2.45) is 0 Å². The number of carbonyl (C=O) groups is 2. The highest BCUT2D eigenvalue weighted by Crippen LogP contribution is 2.26. The first-order valence-corrected chi connectivity index (χ1v) is 7.70. The molecule has 0 saturated carbocycles. The lowest BCUT2D eigenvalue weighted by molar-refractivity contribution is -0.132. The lowest BCUT2D eigenvalue weighted by Gasteiger charge is -2.03. The Bertz CT molecular complexity index is 812. The maximum absolute atomic E-state index is 10.2. The highest BCUT2D eigenvalue weighted by molar-refractivity contribution is 5.85. The summed E-state index contributed by atoms with van der Waals surface area (Å²) in [6.07, 6.45) is 3.27. The third-order valence-corrected chi connectivity index (χ3v) is 2.88. The third kappa shape index (κ3) is 10.1. The number of aliphatic carboxylic acids is 2. The molecular weight excluding hydrogens is 368 g/mol. The molecule has 0 aliphatic carbocycles. The number of benzene rings is 2. The molecule has 0 radical (unpaired) electrons. The van der Waals surface area contributed by atoms with Gasteiger partial charge in [-0.25, -0.2) is 9.59 Å². The van der Waals surface area contributed by atoms with E-state index < -0.39 is 11.9 Å². The first-order valence-electron chi connectivity index (χ1n) is 7.70. The van der Waals surface area contributed by atoms with Gasteiger partial charge in [0.15, 0.2) is 23.0 Å². The van der Waals surface area contributed by atoms with E-state index in [4.69, 9.17) is 24.8 Å². The van der Waals surface area contributed by atoms with Gasteiger partial charge in [-0.05, 0) is 35.9 Å². The van der Waals surface area contributed by atoms with E-state index in [1.54, 1.807) is 36.4 Å². The lowest BCUT2D eigenvalue weighted by atomic mass is 10.2. The van der Waals surface area contributed by atoms with Gasteiger partial charge in [0.2, 0.25) is 0 Å². The highest BCUT2D eigenvalue weighted by Gasteiger charge is 2.00. The molecule has 2 rings (SSSR count). The molecule has 8 nitrogen and oxygen atoms in total. The second-order valence-corrected chi connectivity index (χ2v) is 4.82. The second-order valence-electron chi connectivity index (χ2n) is 4.82. The Labute approximate surface area is 162 Å². The second kappa shape index (κ2) is 13.3. The fraction of sp³-hybridized carbons (Fsp3) is 0.100. The van der Waals surface area contributed by atoms with Crippen LogP contribution < -0.4 is 9.47 Å². The first-order chi connectivity index (χ1) is 13.2. The summed E-state index contributed by atoms with van der Waals surface area (Å²) >= 11 is 0. The van der Waals surface area contributed by atoms with Crippen LogP contribution in [0.4, 0.5) is 0 Å². The van der Waals surface area contributed by atoms with Gasteiger partial charge in [-0.1, -0.05) is 24.8 Å². The van der Waals surface area contributed by atoms with Gasteiger partial charge in [-0.3, -0.25) is 0 Å². The number of aromatic hydroxyl groups is 2. The van der Waals surface area contributed by atoms with Crippen molar-refractivity contribution in [1.82, 2.24) is 0 Å². The van der Waals surface area contributed by atoms with Crippen LogP contribution >= 0.6 is 0 Å². The monoisotopic (exact) mass is 390 g/mol. The van der Waals surface area contributed by atoms with Crippen LogP contribution in [0.5, 0.6) is 23.0 Å². The summed E-state index contributed by atoms with van der Waals surface area (Å²) in [5, 5.41) is 34.2. The zero-order chi connectivity index (χ0) is 21.5. The maximum atomic E-state index is 10.2. The van der Waals surface area contributed by atoms with Gasteiger partial charge in [0.25, 0.3) is 0 Å². The Morgan fingerprint density at radius 2 is 1.43 bits per heavy atom. The van der Waals surface area contributed by atoms with E-state index >= 15 is 0 Å². The van der Waals surface area contributed by atoms with Gasteiger partial charge < -0.3 is 29.9 Å². The summed E-state index contributed by atoms with van der Waals surface area (Å²) in [6, 6.07) is 11.4. The predicted octanol–water partition coefficient (Wildman–Crippen LogP) is 3.16. The molecule has 0 atom stereocenters. The Balaban J connectivity index is 0.000000445. The molecule has 0 spiro atoms. The normalized spacial score (nSPS) is 9.21. The Hall–Kier alpha value is -3.94. The van der Waals surface area contributed by atoms with Crippen molar-refractivity contribution >= 4 is 18.0 Å². The van der Waals surface area contributed by atoms with E-state index in [0.717, 1.165) is 12.2 Å². The van der Waals surface area contributed by atoms with Crippen LogP contribution in [0.15, 0.2) is 61.2 Å². The van der Waals surface area contributed by atoms with Crippen LogP contribution in [0, 0.1) is 0 Å². The number of carboxylic acid groups (broad SMARTS) is 2. The molecule has 150 valence electrons. The molecule has 2 aromatic rings. The van der Waals surface area contributed by atoms with Crippen molar-refractivity contribution in [3.05, 3.63) is 66.8 Å². The van der Waals surface area contributed by atoms with Crippen molar-refractivity contribution in [2.45, 2.75) is 0 Å². The molecule has 0 heterocycles. The smallest absolute Gasteiger partial charge is 0.328 e. The largest absolute Gasteiger partial charge is 0.504 e. The van der Waals surface area contributed by atoms with Crippen molar-refractivity contribution in [3.63, 3.8) is 0 Å². The van der Waals surface area contributed by atoms with Crippen LogP contribution in [-0.2, 0) is 9.59 Å². The number of hydrogen-bond acceptors (Lipinski definition) is 6. The van der Waals surface area contributed by atoms with E-state index in [0.29, 0.717) is 17.1 Å². The number of phenolic OH excluding ortho intramolecular Hbond substituents is 2. The fourth-order valence-corrected chi connectivity index (χ4v) is 1.60. The fourth-order valence-electron chi connectivity index (χ4n) is 1.60. The third-order valence-electron chi connectivity index (χ3n) is 2.88. The van der Waals surface area contributed by atoms with Crippen molar-refractivity contribution < 1.29 is 39.5 Å². The van der Waals surface area contributed by atoms with Crippen LogP contribution in [-0.4, -0.2) is 46.6 Å². The molecule has 28 heavy (non-hydrogen) atoms. The molecule has 0 fully saturated rings. The minimum absolute atomic E-state index is 0.0278. The summed E-state index contributed by atoms with van der Waals surface area (Å²) in [4.78, 5) is 19.5. The number of rotatable bonds is 5. The molecule has 0 unspecified atom stereocenters. The molecule has 8 heteroatoms. The zero-order valence-electron chi connectivity index (χ0n) is 15.4. The lowest BCUT2D eigenvalue weighted by Crippen LogP contribution is -1.87. The Morgan fingerprint density at radius 1 is 0.893 bits per heavy atom. The van der Waals surface area contributed by atoms with Crippen LogP contribution in [0.2, 0.25) is 0 Å². The standard InChI is InChI=1S/C10H10O4.C7H8O2.C3H4O2/c1-14-9-6-7(2-4-8(9)11)3-5-10(12)13;1-9-7-5-3-2-4-6(7)8;1-2-3(4)5/h2-6,11H,1H3,(H,12,13);2-5,8H,1H3;2H,1H2,(H,4,5). The molecule has 0 saturated heterocycles. The molecular formula is C20H22O8. The van der Waals surface area contributed by atoms with E-state index in [2.05, 4.69) is 6.58 Å². The highest BCUT2D eigenvalue weighted by atomic mass is 16.5. The topological polar surface area (TPSA) is 134 Å². The Morgan fingerprint density at radius 3 is 1.86 bits per heavy atom. The number of hydrogen-bond donors (Lipinski definition) is 4. The van der Waals surface area contributed by atoms with E-state index in [1.807, 2.05) is 0 Å². The van der Waals surface area contributed by atoms with Crippen LogP contribution in [0.25, 0.3) is 6.08 Å². The molecule has 0 aromatic heterocycles. The summed E-state index contributed by atoms with van der Waals surface area (Å²) in [7, 11) is 2.95. The molecule has 4 N–H and O–H groups in total. The first kappa shape index (κ1) is 24.1. The summed E-state index contributed by atoms with van der Waals surface area (Å²) < 4.78 is 9.66. The van der Waals surface area contributed by atoms with Gasteiger partial charge >= 0.3 is 11.9 Å². The van der Waals surface area contributed by atoms with Gasteiger partial charge in [-0.15, -0.1) is 0 Å². The maximum Gasteiger partial charge on any atom is 0.328 e. The molecule has 0 aliphatic heterocycles. The van der Waals surface area contributed by atoms with Gasteiger partial charge in [0.05, 0.1) is 14.2 Å². The van der Waals surface area contributed by atoms with E-state index in [-0.39, 0.29) is 11.5 Å². The molecule has 0 aliphatic rings. The molecule has 0 bridgehead atoms. The summed E-state index contributed by atoms with van der Waals surface area (Å²) in [5.74, 6) is -0.961. The van der Waals surface area contributed by atoms with Crippen molar-refractivity contribution in [3.8, 4) is 23.0 Å². The van der Waals surface area contributed by atoms with Gasteiger partial charge in [-0.2, -0.15) is 0 Å². The summed E-state index contributed by atoms with van der Waals surface area (Å²) in [6.45, 7) is 2.96. The predicted molar refractivity (Wildman–Crippen MR) is 104 cm³/mol. The van der Waals surface area contributed by atoms with Crippen molar-refractivity contribution in [2.75, 3.05) is 14.2 Å². The molecule has 2 aromatic carbocycles. The number of carboxylic acids is 2. The number of phenols is 2. The Kier molecular flexibility index (Phi) is 11.4. The van der Waals surface area contributed by atoms with Crippen LogP contribution in [0.1, 0.15) is 5.56 Å². The average Bonchev–Trinajstić information content (AvgIpc) is 2.68. The number of methoxy groups -OCH3 is 2. The zero-order valence-corrected chi connectivity index (χ0v) is 15.4. The quantitative estimate of drug-likeness (QED) is 0.572. The van der Waals surface area contributed by atoms with Gasteiger partial charge in [0, 0.05) is 12.2 Å². The number of ether oxygens (including phenoxy) is 2. The van der Waals surface area contributed by atoms with E-state index in [1.165, 1.54) is 26.4 Å². The van der Waals surface area contributed by atoms with Crippen molar-refractivity contribution in [1.29, 1.82) is 0 Å².